The Hall–Kier alpha value is -1.23. The fourth-order valence-corrected chi connectivity index (χ4v) is 1.36. The van der Waals surface area contributed by atoms with Gasteiger partial charge in [0.2, 0.25) is 5.75 Å². The van der Waals surface area contributed by atoms with Gasteiger partial charge in [-0.1, -0.05) is 12.1 Å². The van der Waals surface area contributed by atoms with Gasteiger partial charge in [0.1, 0.15) is 0 Å². The van der Waals surface area contributed by atoms with E-state index in [9.17, 15) is 10.1 Å². The predicted molar refractivity (Wildman–Crippen MR) is 52.0 cm³/mol. The third kappa shape index (κ3) is 2.12. The molecule has 0 spiro atoms. The van der Waals surface area contributed by atoms with Crippen molar-refractivity contribution in [3.05, 3.63) is 33.9 Å². The lowest BCUT2D eigenvalue weighted by Crippen LogP contribution is -1.93. The number of benzene rings is 1. The molecule has 0 radical (unpaired) electrons. The van der Waals surface area contributed by atoms with Crippen LogP contribution < -0.4 is 4.18 Å². The van der Waals surface area contributed by atoms with Crippen molar-refractivity contribution in [3.8, 4) is 5.75 Å². The summed E-state index contributed by atoms with van der Waals surface area (Å²) >= 11 is 1.10. The molecule has 5 heteroatoms. The molecule has 1 aromatic rings. The van der Waals surface area contributed by atoms with Crippen LogP contribution in [-0.4, -0.2) is 11.2 Å². The SMILES string of the molecule is CSOc1c(C)cccc1[N+](=O)[O-]. The van der Waals surface area contributed by atoms with Gasteiger partial charge < -0.3 is 4.18 Å². The summed E-state index contributed by atoms with van der Waals surface area (Å²) < 4.78 is 5.10. The van der Waals surface area contributed by atoms with Gasteiger partial charge in [-0.2, -0.15) is 0 Å². The van der Waals surface area contributed by atoms with E-state index >= 15 is 0 Å². The Kier molecular flexibility index (Phi) is 3.13. The van der Waals surface area contributed by atoms with E-state index in [1.54, 1.807) is 25.3 Å². The van der Waals surface area contributed by atoms with Gasteiger partial charge in [0, 0.05) is 12.3 Å². The molecule has 0 saturated heterocycles. The van der Waals surface area contributed by atoms with Gasteiger partial charge in [-0.3, -0.25) is 10.1 Å². The number of nitro groups is 1. The van der Waals surface area contributed by atoms with Gasteiger partial charge in [-0.15, -0.1) is 0 Å². The van der Waals surface area contributed by atoms with Crippen LogP contribution in [0.5, 0.6) is 5.75 Å². The van der Waals surface area contributed by atoms with E-state index in [0.717, 1.165) is 17.6 Å². The topological polar surface area (TPSA) is 52.4 Å². The van der Waals surface area contributed by atoms with Gasteiger partial charge in [-0.05, 0) is 12.5 Å². The first-order valence-corrected chi connectivity index (χ1v) is 4.76. The molecule has 0 heterocycles. The maximum atomic E-state index is 10.6. The van der Waals surface area contributed by atoms with E-state index < -0.39 is 4.92 Å². The monoisotopic (exact) mass is 199 g/mol. The van der Waals surface area contributed by atoms with Crippen molar-refractivity contribution in [2.75, 3.05) is 6.26 Å². The first-order chi connectivity index (χ1) is 6.16. The van der Waals surface area contributed by atoms with Crippen LogP contribution in [0.25, 0.3) is 0 Å². The zero-order valence-corrected chi connectivity index (χ0v) is 8.13. The van der Waals surface area contributed by atoms with Crippen LogP contribution in [0.4, 0.5) is 5.69 Å². The number of nitrogens with zero attached hydrogens (tertiary/aromatic N) is 1. The van der Waals surface area contributed by atoms with E-state index in [0.29, 0.717) is 5.75 Å². The number of aryl methyl sites for hydroxylation is 1. The molecule has 13 heavy (non-hydrogen) atoms. The molecule has 1 aromatic carbocycles. The second-order valence-corrected chi connectivity index (χ2v) is 2.93. The lowest BCUT2D eigenvalue weighted by atomic mass is 10.2. The standard InChI is InChI=1S/C8H9NO3S/c1-6-4-3-5-7(9(10)11)8(6)12-13-2/h3-5H,1-2H3. The Balaban J connectivity index is 3.17. The van der Waals surface area contributed by atoms with Crippen molar-refractivity contribution in [3.63, 3.8) is 0 Å². The zero-order valence-electron chi connectivity index (χ0n) is 7.31. The molecule has 0 aliphatic heterocycles. The average molecular weight is 199 g/mol. The molecule has 0 atom stereocenters. The second-order valence-electron chi connectivity index (χ2n) is 2.43. The summed E-state index contributed by atoms with van der Waals surface area (Å²) in [6.07, 6.45) is 1.72. The summed E-state index contributed by atoms with van der Waals surface area (Å²) in [5.41, 5.74) is 0.776. The van der Waals surface area contributed by atoms with Crippen LogP contribution >= 0.6 is 12.0 Å². The molecule has 0 aliphatic rings. The molecule has 0 aromatic heterocycles. The van der Waals surface area contributed by atoms with Crippen molar-refractivity contribution < 1.29 is 9.11 Å². The van der Waals surface area contributed by atoms with E-state index in [1.807, 2.05) is 0 Å². The highest BCUT2D eigenvalue weighted by Crippen LogP contribution is 2.32. The number of rotatable bonds is 3. The van der Waals surface area contributed by atoms with Gasteiger partial charge in [-0.25, -0.2) is 0 Å². The molecule has 0 unspecified atom stereocenters. The van der Waals surface area contributed by atoms with Crippen molar-refractivity contribution in [2.24, 2.45) is 0 Å². The van der Waals surface area contributed by atoms with Gasteiger partial charge >= 0.3 is 5.69 Å². The summed E-state index contributed by atoms with van der Waals surface area (Å²) in [5, 5.41) is 10.6. The highest BCUT2D eigenvalue weighted by Gasteiger charge is 2.16. The van der Waals surface area contributed by atoms with E-state index in [2.05, 4.69) is 0 Å². The molecular weight excluding hydrogens is 190 g/mol. The smallest absolute Gasteiger partial charge is 0.312 e. The minimum absolute atomic E-state index is 0.00866. The summed E-state index contributed by atoms with van der Waals surface area (Å²) in [6.45, 7) is 1.78. The van der Waals surface area contributed by atoms with Crippen molar-refractivity contribution >= 4 is 17.7 Å². The Labute approximate surface area is 80.3 Å². The number of hydrogen-bond acceptors (Lipinski definition) is 4. The molecule has 4 nitrogen and oxygen atoms in total. The number of para-hydroxylation sites is 1. The maximum absolute atomic E-state index is 10.6. The highest BCUT2D eigenvalue weighted by molar-refractivity contribution is 7.94. The Morgan fingerprint density at radius 2 is 2.23 bits per heavy atom. The molecule has 0 fully saturated rings. The first-order valence-electron chi connectivity index (χ1n) is 3.61. The molecule has 1 rings (SSSR count). The van der Waals surface area contributed by atoms with Crippen LogP contribution in [0, 0.1) is 17.0 Å². The highest BCUT2D eigenvalue weighted by atomic mass is 32.2. The second kappa shape index (κ2) is 4.13. The average Bonchev–Trinajstić information content (AvgIpc) is 2.08. The van der Waals surface area contributed by atoms with Gasteiger partial charge in [0.25, 0.3) is 0 Å². The fourth-order valence-electron chi connectivity index (χ4n) is 0.972. The predicted octanol–water partition coefficient (Wildman–Crippen LogP) is 2.56. The Morgan fingerprint density at radius 3 is 2.77 bits per heavy atom. The third-order valence-corrected chi connectivity index (χ3v) is 1.89. The zero-order chi connectivity index (χ0) is 9.84. The molecule has 0 amide bonds. The van der Waals surface area contributed by atoms with Gasteiger partial charge in [0.15, 0.2) is 0 Å². The lowest BCUT2D eigenvalue weighted by molar-refractivity contribution is -0.385. The van der Waals surface area contributed by atoms with E-state index in [-0.39, 0.29) is 5.69 Å². The fraction of sp³-hybridized carbons (Fsp3) is 0.250. The minimum atomic E-state index is -0.446. The maximum Gasteiger partial charge on any atom is 0.312 e. The van der Waals surface area contributed by atoms with E-state index in [4.69, 9.17) is 4.18 Å². The normalized spacial score (nSPS) is 9.69. The molecule has 0 aliphatic carbocycles. The Bertz CT molecular complexity index is 327. The summed E-state index contributed by atoms with van der Waals surface area (Å²) in [4.78, 5) is 10.1. The molecule has 0 saturated carbocycles. The van der Waals surface area contributed by atoms with Crippen molar-refractivity contribution in [2.45, 2.75) is 6.92 Å². The van der Waals surface area contributed by atoms with Crippen LogP contribution in [0.2, 0.25) is 0 Å². The quantitative estimate of drug-likeness (QED) is 0.426. The summed E-state index contributed by atoms with van der Waals surface area (Å²) in [7, 11) is 0. The van der Waals surface area contributed by atoms with Crippen LogP contribution in [0.1, 0.15) is 5.56 Å². The van der Waals surface area contributed by atoms with Crippen LogP contribution in [-0.2, 0) is 0 Å². The van der Waals surface area contributed by atoms with Gasteiger partial charge in [0.05, 0.1) is 17.0 Å². The molecule has 0 bridgehead atoms. The lowest BCUT2D eigenvalue weighted by Gasteiger charge is -2.04. The molecule has 70 valence electrons. The molecule has 0 N–H and O–H groups in total. The van der Waals surface area contributed by atoms with Crippen molar-refractivity contribution in [1.82, 2.24) is 0 Å². The summed E-state index contributed by atoms with van der Waals surface area (Å²) in [6, 6.07) is 4.84. The third-order valence-electron chi connectivity index (χ3n) is 1.55. The van der Waals surface area contributed by atoms with Crippen LogP contribution in [0.3, 0.4) is 0 Å². The Morgan fingerprint density at radius 1 is 1.54 bits per heavy atom. The minimum Gasteiger partial charge on any atom is -0.419 e. The molecular formula is C8H9NO3S. The number of nitro benzene ring substituents is 1. The van der Waals surface area contributed by atoms with Crippen molar-refractivity contribution in [1.29, 1.82) is 0 Å². The number of hydrogen-bond donors (Lipinski definition) is 0. The first kappa shape index (κ1) is 9.85. The largest absolute Gasteiger partial charge is 0.419 e. The summed E-state index contributed by atoms with van der Waals surface area (Å²) in [5.74, 6) is 0.333. The van der Waals surface area contributed by atoms with Crippen LogP contribution in [0.15, 0.2) is 18.2 Å². The van der Waals surface area contributed by atoms with E-state index in [1.165, 1.54) is 6.07 Å².